The summed E-state index contributed by atoms with van der Waals surface area (Å²) in [4.78, 5) is 23.8. The molecule has 25 heavy (non-hydrogen) atoms. The second-order valence-electron chi connectivity index (χ2n) is 5.22. The number of aromatic hydroxyl groups is 2. The molecule has 7 heteroatoms. The molecule has 0 bridgehead atoms. The van der Waals surface area contributed by atoms with Gasteiger partial charge in [-0.2, -0.15) is 0 Å². The molecule has 0 saturated heterocycles. The minimum atomic E-state index is -1.41. The number of benzene rings is 2. The summed E-state index contributed by atoms with van der Waals surface area (Å²) in [6.07, 6.45) is 0. The van der Waals surface area contributed by atoms with E-state index in [1.54, 1.807) is 0 Å². The Morgan fingerprint density at radius 2 is 1.36 bits per heavy atom. The van der Waals surface area contributed by atoms with Crippen molar-refractivity contribution in [2.45, 2.75) is 0 Å². The second kappa shape index (κ2) is 6.04. The molecule has 0 spiro atoms. The van der Waals surface area contributed by atoms with Gasteiger partial charge < -0.3 is 25.2 Å². The molecule has 0 radical (unpaired) electrons. The van der Waals surface area contributed by atoms with Crippen molar-refractivity contribution in [1.29, 1.82) is 0 Å². The highest BCUT2D eigenvalue weighted by molar-refractivity contribution is 6.25. The first kappa shape index (κ1) is 16.1. The van der Waals surface area contributed by atoms with Gasteiger partial charge in [-0.05, 0) is 35.4 Å². The lowest BCUT2D eigenvalue weighted by atomic mass is 10.0. The molecule has 0 unspecified atom stereocenters. The molecular weight excluding hydrogens is 328 g/mol. The van der Waals surface area contributed by atoms with Gasteiger partial charge in [-0.15, -0.1) is 0 Å². The normalized spacial score (nSPS) is 15.9. The van der Waals surface area contributed by atoms with Gasteiger partial charge in [0.15, 0.2) is 11.5 Å². The Labute approximate surface area is 141 Å². The molecule has 0 amide bonds. The lowest BCUT2D eigenvalue weighted by molar-refractivity contribution is -0.131. The minimum Gasteiger partial charge on any atom is -0.508 e. The summed E-state index contributed by atoms with van der Waals surface area (Å²) in [6, 6.07) is 10.6. The zero-order chi connectivity index (χ0) is 18.1. The fourth-order valence-electron chi connectivity index (χ4n) is 2.43. The highest BCUT2D eigenvalue weighted by Gasteiger charge is 2.35. The highest BCUT2D eigenvalue weighted by atomic mass is 16.6. The topological polar surface area (TPSA) is 124 Å². The molecule has 126 valence electrons. The summed E-state index contributed by atoms with van der Waals surface area (Å²) in [7, 11) is 0. The van der Waals surface area contributed by atoms with Crippen molar-refractivity contribution in [3.8, 4) is 11.5 Å². The van der Waals surface area contributed by atoms with Crippen LogP contribution in [0.5, 0.6) is 11.5 Å². The molecule has 3 rings (SSSR count). The van der Waals surface area contributed by atoms with E-state index in [9.17, 15) is 30.0 Å². The van der Waals surface area contributed by atoms with Gasteiger partial charge in [-0.1, -0.05) is 24.3 Å². The number of phenols is 2. The third-order valence-corrected chi connectivity index (χ3v) is 3.60. The maximum atomic E-state index is 12.1. The number of aliphatic carboxylic acids is 1. The van der Waals surface area contributed by atoms with E-state index in [1.165, 1.54) is 48.5 Å². The third kappa shape index (κ3) is 2.90. The number of aliphatic hydroxyl groups is 1. The summed E-state index contributed by atoms with van der Waals surface area (Å²) >= 11 is 0. The maximum absolute atomic E-state index is 12.1. The molecular formula is C18H12O7. The predicted molar refractivity (Wildman–Crippen MR) is 86.4 cm³/mol. The van der Waals surface area contributed by atoms with Crippen molar-refractivity contribution in [2.75, 3.05) is 0 Å². The fourth-order valence-corrected chi connectivity index (χ4v) is 2.43. The zero-order valence-electron chi connectivity index (χ0n) is 12.6. The number of esters is 1. The number of carboxylic acids is 1. The van der Waals surface area contributed by atoms with Crippen molar-refractivity contribution in [1.82, 2.24) is 0 Å². The van der Waals surface area contributed by atoms with Crippen LogP contribution in [-0.4, -0.2) is 32.4 Å². The van der Waals surface area contributed by atoms with Crippen LogP contribution in [0.3, 0.4) is 0 Å². The Kier molecular flexibility index (Phi) is 3.90. The molecule has 1 aliphatic rings. The Morgan fingerprint density at radius 1 is 0.840 bits per heavy atom. The van der Waals surface area contributed by atoms with Crippen LogP contribution in [0.15, 0.2) is 60.0 Å². The first-order chi connectivity index (χ1) is 11.9. The molecule has 7 nitrogen and oxygen atoms in total. The molecule has 0 aliphatic carbocycles. The van der Waals surface area contributed by atoms with Crippen molar-refractivity contribution in [2.24, 2.45) is 0 Å². The monoisotopic (exact) mass is 340 g/mol. The number of ether oxygens (including phenoxy) is 1. The average molecular weight is 340 g/mol. The maximum Gasteiger partial charge on any atom is 0.348 e. The number of carbonyl (C=O) groups excluding carboxylic acids is 1. The van der Waals surface area contributed by atoms with E-state index in [0.29, 0.717) is 0 Å². The Morgan fingerprint density at radius 3 is 1.88 bits per heavy atom. The largest absolute Gasteiger partial charge is 0.508 e. The zero-order valence-corrected chi connectivity index (χ0v) is 12.6. The quantitative estimate of drug-likeness (QED) is 0.499. The van der Waals surface area contributed by atoms with E-state index in [-0.39, 0.29) is 28.2 Å². The van der Waals surface area contributed by atoms with E-state index in [0.717, 1.165) is 0 Å². The molecule has 4 N–H and O–H groups in total. The number of aliphatic hydroxyl groups excluding tert-OH is 1. The van der Waals surface area contributed by atoms with Crippen molar-refractivity contribution in [3.05, 3.63) is 71.2 Å². The molecule has 0 aromatic heterocycles. The van der Waals surface area contributed by atoms with Gasteiger partial charge in [0.2, 0.25) is 0 Å². The highest BCUT2D eigenvalue weighted by Crippen LogP contribution is 2.36. The molecule has 0 fully saturated rings. The van der Waals surface area contributed by atoms with Crippen molar-refractivity contribution >= 4 is 23.1 Å². The van der Waals surface area contributed by atoms with Gasteiger partial charge in [0.25, 0.3) is 0 Å². The Balaban J connectivity index is 2.18. The fraction of sp³-hybridized carbons (Fsp3) is 0. The van der Waals surface area contributed by atoms with Crippen LogP contribution in [0.4, 0.5) is 0 Å². The van der Waals surface area contributed by atoms with Gasteiger partial charge >= 0.3 is 11.9 Å². The van der Waals surface area contributed by atoms with Crippen LogP contribution in [0.2, 0.25) is 0 Å². The van der Waals surface area contributed by atoms with E-state index in [1.807, 2.05) is 0 Å². The van der Waals surface area contributed by atoms with Gasteiger partial charge in [0, 0.05) is 0 Å². The van der Waals surface area contributed by atoms with E-state index in [2.05, 4.69) is 0 Å². The first-order valence-electron chi connectivity index (χ1n) is 7.10. The van der Waals surface area contributed by atoms with Crippen LogP contribution in [0.25, 0.3) is 11.1 Å². The van der Waals surface area contributed by atoms with Crippen LogP contribution < -0.4 is 0 Å². The van der Waals surface area contributed by atoms with Gasteiger partial charge in [0.05, 0.1) is 0 Å². The molecule has 2 aromatic carbocycles. The smallest absolute Gasteiger partial charge is 0.348 e. The summed E-state index contributed by atoms with van der Waals surface area (Å²) in [5, 5.41) is 38.5. The average Bonchev–Trinajstić information content (AvgIpc) is 2.85. The van der Waals surface area contributed by atoms with E-state index in [4.69, 9.17) is 4.74 Å². The Hall–Kier alpha value is -3.74. The van der Waals surface area contributed by atoms with Gasteiger partial charge in [-0.25, -0.2) is 9.59 Å². The minimum absolute atomic E-state index is 0.0266. The van der Waals surface area contributed by atoms with E-state index < -0.39 is 29.0 Å². The molecule has 0 saturated carbocycles. The number of cyclic esters (lactones) is 1. The number of carbonyl (C=O) groups is 2. The summed E-state index contributed by atoms with van der Waals surface area (Å²) in [6.45, 7) is 0. The summed E-state index contributed by atoms with van der Waals surface area (Å²) in [5.74, 6) is -3.50. The Bertz CT molecular complexity index is 919. The standard InChI is InChI=1S/C18H12O7/c19-11-5-1-9(2-6-11)13-15(21)16(25-18(13)24)14(17(22)23)10-3-7-12(20)8-4-10/h1-8,19-21H,(H,22,23). The summed E-state index contributed by atoms with van der Waals surface area (Å²) < 4.78 is 4.99. The molecule has 0 atom stereocenters. The van der Waals surface area contributed by atoms with Crippen LogP contribution in [-0.2, 0) is 14.3 Å². The number of rotatable bonds is 3. The molecule has 1 aliphatic heterocycles. The van der Waals surface area contributed by atoms with Crippen LogP contribution in [0, 0.1) is 0 Å². The number of phenolic OH excluding ortho intramolecular Hbond substituents is 2. The number of hydrogen-bond donors (Lipinski definition) is 4. The van der Waals surface area contributed by atoms with Crippen LogP contribution in [0.1, 0.15) is 11.1 Å². The molecule has 2 aromatic rings. The van der Waals surface area contributed by atoms with Crippen molar-refractivity contribution < 1.29 is 34.8 Å². The number of hydrogen-bond acceptors (Lipinski definition) is 6. The SMILES string of the molecule is O=C(O)C(=C1OC(=O)C(c2ccc(O)cc2)=C1O)c1ccc(O)cc1. The van der Waals surface area contributed by atoms with Crippen molar-refractivity contribution in [3.63, 3.8) is 0 Å². The molecule has 1 heterocycles. The summed E-state index contributed by atoms with van der Waals surface area (Å²) in [5.41, 5.74) is -0.204. The number of carboxylic acid groups (broad SMARTS) is 1. The van der Waals surface area contributed by atoms with Crippen LogP contribution >= 0.6 is 0 Å². The third-order valence-electron chi connectivity index (χ3n) is 3.60. The van der Waals surface area contributed by atoms with Gasteiger partial charge in [-0.3, -0.25) is 0 Å². The second-order valence-corrected chi connectivity index (χ2v) is 5.22. The first-order valence-corrected chi connectivity index (χ1v) is 7.10. The van der Waals surface area contributed by atoms with Gasteiger partial charge in [0.1, 0.15) is 22.6 Å². The van der Waals surface area contributed by atoms with E-state index >= 15 is 0 Å². The lowest BCUT2D eigenvalue weighted by Crippen LogP contribution is -2.06. The predicted octanol–water partition coefficient (Wildman–Crippen LogP) is 2.42. The lowest BCUT2D eigenvalue weighted by Gasteiger charge is -2.07.